The Kier molecular flexibility index (Phi) is 10.2. The number of hydrogen-bond acceptors (Lipinski definition) is 5. The molecular weight excluding hydrogens is 468 g/mol. The molecule has 194 valence electrons. The molecule has 1 aliphatic rings. The van der Waals surface area contributed by atoms with Gasteiger partial charge in [-0.2, -0.15) is 0 Å². The lowest BCUT2D eigenvalue weighted by atomic mass is 9.78. The monoisotopic (exact) mass is 506 g/mol. The van der Waals surface area contributed by atoms with Gasteiger partial charge in [0.2, 0.25) is 0 Å². The van der Waals surface area contributed by atoms with Crippen LogP contribution in [-0.2, 0) is 6.42 Å². The molecule has 3 N–H and O–H groups in total. The molecule has 2 aromatic rings. The lowest BCUT2D eigenvalue weighted by molar-refractivity contribution is 0.0693. The third-order valence-electron chi connectivity index (χ3n) is 6.58. The van der Waals surface area contributed by atoms with Crippen molar-refractivity contribution in [2.75, 3.05) is 20.3 Å². The van der Waals surface area contributed by atoms with Crippen LogP contribution in [0, 0.1) is 5.41 Å². The second-order valence-electron chi connectivity index (χ2n) is 10.2. The molecule has 1 unspecified atom stereocenters. The summed E-state index contributed by atoms with van der Waals surface area (Å²) in [6.07, 6.45) is 8.95. The van der Waals surface area contributed by atoms with E-state index in [-0.39, 0.29) is 29.4 Å². The highest BCUT2D eigenvalue weighted by molar-refractivity contribution is 5.88. The number of pyridine rings is 1. The molecule has 7 nitrogen and oxygen atoms in total. The second-order valence-corrected chi connectivity index (χ2v) is 10.2. The number of rotatable bonds is 11. The van der Waals surface area contributed by atoms with Crippen LogP contribution in [0.15, 0.2) is 29.2 Å². The van der Waals surface area contributed by atoms with E-state index in [9.17, 15) is 14.7 Å². The third-order valence-corrected chi connectivity index (χ3v) is 6.58. The average molecular weight is 507 g/mol. The van der Waals surface area contributed by atoms with Crippen LogP contribution < -0.4 is 20.6 Å². The Morgan fingerprint density at radius 3 is 2.34 bits per heavy atom. The summed E-state index contributed by atoms with van der Waals surface area (Å²) in [5.41, 5.74) is 7.34. The summed E-state index contributed by atoms with van der Waals surface area (Å²) in [6.45, 7) is 7.75. The van der Waals surface area contributed by atoms with E-state index in [1.807, 2.05) is 16.7 Å². The summed E-state index contributed by atoms with van der Waals surface area (Å²) in [6, 6.07) is 5.35. The van der Waals surface area contributed by atoms with Crippen LogP contribution in [0.2, 0.25) is 0 Å². The number of methoxy groups -OCH3 is 1. The first kappa shape index (κ1) is 28.7. The second kappa shape index (κ2) is 12.5. The topological polar surface area (TPSA) is 104 Å². The van der Waals surface area contributed by atoms with Gasteiger partial charge in [-0.3, -0.25) is 4.79 Å². The number of benzene rings is 1. The number of nitrogens with two attached hydrogens (primary N) is 1. The number of nitrogens with zero attached hydrogens (tertiary/aromatic N) is 1. The summed E-state index contributed by atoms with van der Waals surface area (Å²) in [4.78, 5) is 24.2. The van der Waals surface area contributed by atoms with E-state index in [0.717, 1.165) is 36.9 Å². The van der Waals surface area contributed by atoms with Gasteiger partial charge < -0.3 is 24.9 Å². The van der Waals surface area contributed by atoms with E-state index in [1.54, 1.807) is 7.11 Å². The number of unbranched alkanes of at least 4 members (excludes halogenated alkanes) is 5. The van der Waals surface area contributed by atoms with Crippen molar-refractivity contribution in [3.05, 3.63) is 45.7 Å². The maximum atomic E-state index is 12.5. The summed E-state index contributed by atoms with van der Waals surface area (Å²) >= 11 is 0. The van der Waals surface area contributed by atoms with E-state index in [4.69, 9.17) is 15.2 Å². The standard InChI is InChI=1S/C27H38N2O5.ClH/c1-27(2,3)25-14-18-13-24(34-12-10-8-6-5-7-9-11-28)23(33-4)15-19(18)21-16-22(30)20(26(31)32)17-29(21)25;/h13,15-17,25H,5-12,14,28H2,1-4H3,(H,31,32);1H. The van der Waals surface area contributed by atoms with Gasteiger partial charge in [0.05, 0.1) is 19.4 Å². The first-order chi connectivity index (χ1) is 16.2. The van der Waals surface area contributed by atoms with Crippen molar-refractivity contribution in [3.63, 3.8) is 0 Å². The number of carboxylic acid groups (broad SMARTS) is 1. The first-order valence-corrected chi connectivity index (χ1v) is 12.2. The van der Waals surface area contributed by atoms with E-state index in [2.05, 4.69) is 20.8 Å². The SMILES string of the molecule is COc1cc2c(cc1OCCCCCCCCN)CC(C(C)(C)C)n1cc(C(=O)O)c(=O)cc1-2.Cl. The highest BCUT2D eigenvalue weighted by atomic mass is 35.5. The van der Waals surface area contributed by atoms with Gasteiger partial charge in [0.15, 0.2) is 16.9 Å². The normalized spacial score (nSPS) is 14.5. The number of ether oxygens (including phenoxy) is 2. The van der Waals surface area contributed by atoms with Crippen molar-refractivity contribution in [1.82, 2.24) is 4.57 Å². The number of hydrogen-bond donors (Lipinski definition) is 2. The minimum absolute atomic E-state index is 0. The third kappa shape index (κ3) is 6.79. The van der Waals surface area contributed by atoms with Crippen LogP contribution in [0.4, 0.5) is 0 Å². The first-order valence-electron chi connectivity index (χ1n) is 12.2. The summed E-state index contributed by atoms with van der Waals surface area (Å²) in [5, 5.41) is 9.49. The van der Waals surface area contributed by atoms with E-state index < -0.39 is 11.4 Å². The molecule has 3 rings (SSSR count). The molecule has 1 aliphatic heterocycles. The van der Waals surface area contributed by atoms with Crippen LogP contribution in [0.5, 0.6) is 11.5 Å². The van der Waals surface area contributed by atoms with Gasteiger partial charge in [-0.1, -0.05) is 46.5 Å². The fourth-order valence-corrected chi connectivity index (χ4v) is 4.63. The van der Waals surface area contributed by atoms with Crippen molar-refractivity contribution >= 4 is 18.4 Å². The van der Waals surface area contributed by atoms with Crippen molar-refractivity contribution < 1.29 is 19.4 Å². The quantitative estimate of drug-likeness (QED) is 0.392. The van der Waals surface area contributed by atoms with Gasteiger partial charge in [-0.15, -0.1) is 12.4 Å². The number of halogens is 1. The van der Waals surface area contributed by atoms with Crippen LogP contribution in [0.3, 0.4) is 0 Å². The highest BCUT2D eigenvalue weighted by Crippen LogP contribution is 2.45. The summed E-state index contributed by atoms with van der Waals surface area (Å²) in [7, 11) is 1.60. The van der Waals surface area contributed by atoms with Gasteiger partial charge >= 0.3 is 5.97 Å². The minimum atomic E-state index is -1.21. The molecule has 0 amide bonds. The van der Waals surface area contributed by atoms with Crippen LogP contribution >= 0.6 is 12.4 Å². The Morgan fingerprint density at radius 1 is 1.09 bits per heavy atom. The Hall–Kier alpha value is -2.51. The number of carbonyl (C=O) groups is 1. The van der Waals surface area contributed by atoms with Gasteiger partial charge in [-0.25, -0.2) is 4.79 Å². The lowest BCUT2D eigenvalue weighted by Crippen LogP contribution is -2.32. The highest BCUT2D eigenvalue weighted by Gasteiger charge is 2.34. The zero-order valence-electron chi connectivity index (χ0n) is 21.3. The number of carboxylic acids is 1. The van der Waals surface area contributed by atoms with Gasteiger partial charge in [0.25, 0.3) is 0 Å². The molecule has 0 saturated carbocycles. The molecule has 0 radical (unpaired) electrons. The molecule has 35 heavy (non-hydrogen) atoms. The fourth-order valence-electron chi connectivity index (χ4n) is 4.63. The Labute approximate surface area is 214 Å². The predicted octanol–water partition coefficient (Wildman–Crippen LogP) is 5.47. The largest absolute Gasteiger partial charge is 0.493 e. The van der Waals surface area contributed by atoms with Crippen molar-refractivity contribution in [3.8, 4) is 22.8 Å². The summed E-state index contributed by atoms with van der Waals surface area (Å²) < 4.78 is 13.7. The maximum absolute atomic E-state index is 12.5. The average Bonchev–Trinajstić information content (AvgIpc) is 2.78. The van der Waals surface area contributed by atoms with Crippen molar-refractivity contribution in [2.45, 2.75) is 71.8 Å². The van der Waals surface area contributed by atoms with Gasteiger partial charge in [0.1, 0.15) is 5.56 Å². The smallest absolute Gasteiger partial charge is 0.341 e. The Bertz CT molecular complexity index is 1070. The lowest BCUT2D eigenvalue weighted by Gasteiger charge is -2.39. The Morgan fingerprint density at radius 2 is 1.74 bits per heavy atom. The zero-order chi connectivity index (χ0) is 24.9. The molecule has 1 aromatic carbocycles. The molecule has 2 heterocycles. The molecular formula is C27H39ClN2O5. The molecule has 0 saturated heterocycles. The maximum Gasteiger partial charge on any atom is 0.341 e. The van der Waals surface area contributed by atoms with Crippen molar-refractivity contribution in [1.29, 1.82) is 0 Å². The van der Waals surface area contributed by atoms with E-state index in [1.165, 1.54) is 31.5 Å². The van der Waals surface area contributed by atoms with Crippen molar-refractivity contribution in [2.24, 2.45) is 11.1 Å². The molecule has 1 atom stereocenters. The molecule has 1 aromatic heterocycles. The molecule has 8 heteroatoms. The van der Waals surface area contributed by atoms with E-state index in [0.29, 0.717) is 30.2 Å². The van der Waals surface area contributed by atoms with Crippen LogP contribution in [-0.4, -0.2) is 35.9 Å². The molecule has 0 spiro atoms. The number of aromatic carboxylic acids is 1. The van der Waals surface area contributed by atoms with Gasteiger partial charge in [0, 0.05) is 23.9 Å². The molecule has 0 bridgehead atoms. The number of fused-ring (bicyclic) bond motifs is 3. The number of aromatic nitrogens is 1. The van der Waals surface area contributed by atoms with E-state index >= 15 is 0 Å². The summed E-state index contributed by atoms with van der Waals surface area (Å²) in [5.74, 6) is 0.103. The molecule has 0 aliphatic carbocycles. The Balaban J connectivity index is 0.00000432. The van der Waals surface area contributed by atoms with Crippen LogP contribution in [0.1, 0.15) is 81.3 Å². The van der Waals surface area contributed by atoms with Crippen LogP contribution in [0.25, 0.3) is 11.3 Å². The fraction of sp³-hybridized carbons (Fsp3) is 0.556. The molecule has 0 fully saturated rings. The minimum Gasteiger partial charge on any atom is -0.493 e. The van der Waals surface area contributed by atoms with Gasteiger partial charge in [-0.05, 0) is 48.9 Å². The zero-order valence-corrected chi connectivity index (χ0v) is 22.1. The predicted molar refractivity (Wildman–Crippen MR) is 141 cm³/mol.